The SMILES string of the molecule is COCC(N)C(=O)N(C)Cc1c(F)cccc1Cl.Cl. The van der Waals surface area contributed by atoms with Crippen molar-refractivity contribution in [2.24, 2.45) is 5.73 Å². The highest BCUT2D eigenvalue weighted by Crippen LogP contribution is 2.20. The molecular weight excluding hydrogens is 294 g/mol. The van der Waals surface area contributed by atoms with Crippen LogP contribution >= 0.6 is 24.0 Å². The van der Waals surface area contributed by atoms with Gasteiger partial charge in [0.05, 0.1) is 6.61 Å². The molecule has 1 rings (SSSR count). The summed E-state index contributed by atoms with van der Waals surface area (Å²) in [5, 5.41) is 0.287. The van der Waals surface area contributed by atoms with Gasteiger partial charge in [-0.3, -0.25) is 4.79 Å². The molecule has 7 heteroatoms. The summed E-state index contributed by atoms with van der Waals surface area (Å²) in [6.45, 7) is 0.190. The van der Waals surface area contributed by atoms with Crippen molar-refractivity contribution in [1.29, 1.82) is 0 Å². The molecule has 1 aromatic rings. The number of halogens is 3. The summed E-state index contributed by atoms with van der Waals surface area (Å²) in [6, 6.07) is 3.63. The van der Waals surface area contributed by atoms with E-state index in [9.17, 15) is 9.18 Å². The van der Waals surface area contributed by atoms with E-state index in [4.69, 9.17) is 22.1 Å². The van der Waals surface area contributed by atoms with E-state index < -0.39 is 11.9 Å². The zero-order chi connectivity index (χ0) is 13.7. The third-order valence-electron chi connectivity index (χ3n) is 2.50. The first-order chi connectivity index (χ1) is 8.47. The Balaban J connectivity index is 0.00000324. The van der Waals surface area contributed by atoms with Gasteiger partial charge in [0.2, 0.25) is 5.91 Å². The Kier molecular flexibility index (Phi) is 7.94. The van der Waals surface area contributed by atoms with E-state index >= 15 is 0 Å². The Morgan fingerprint density at radius 1 is 1.58 bits per heavy atom. The van der Waals surface area contributed by atoms with E-state index in [-0.39, 0.29) is 42.1 Å². The van der Waals surface area contributed by atoms with Crippen LogP contribution in [-0.4, -0.2) is 37.6 Å². The second-order valence-electron chi connectivity index (χ2n) is 3.96. The van der Waals surface area contributed by atoms with Gasteiger partial charge in [-0.2, -0.15) is 0 Å². The van der Waals surface area contributed by atoms with E-state index in [1.807, 2.05) is 0 Å². The van der Waals surface area contributed by atoms with E-state index in [2.05, 4.69) is 0 Å². The lowest BCUT2D eigenvalue weighted by Crippen LogP contribution is -2.44. The Morgan fingerprint density at radius 3 is 2.74 bits per heavy atom. The maximum atomic E-state index is 13.5. The minimum absolute atomic E-state index is 0. The van der Waals surface area contributed by atoms with Crippen molar-refractivity contribution >= 4 is 29.9 Å². The maximum absolute atomic E-state index is 13.5. The van der Waals surface area contributed by atoms with Crippen LogP contribution in [-0.2, 0) is 16.1 Å². The lowest BCUT2D eigenvalue weighted by atomic mass is 10.2. The van der Waals surface area contributed by atoms with Gasteiger partial charge in [0.1, 0.15) is 11.9 Å². The molecule has 0 spiro atoms. The fourth-order valence-electron chi connectivity index (χ4n) is 1.53. The summed E-state index contributed by atoms with van der Waals surface area (Å²) in [7, 11) is 3.00. The molecule has 0 saturated carbocycles. The summed E-state index contributed by atoms with van der Waals surface area (Å²) < 4.78 is 18.3. The topological polar surface area (TPSA) is 55.6 Å². The normalized spacial score (nSPS) is 11.6. The second kappa shape index (κ2) is 8.32. The van der Waals surface area contributed by atoms with Crippen molar-refractivity contribution in [2.45, 2.75) is 12.6 Å². The number of hydrogen-bond donors (Lipinski definition) is 1. The lowest BCUT2D eigenvalue weighted by molar-refractivity contribution is -0.133. The number of carbonyl (C=O) groups is 1. The van der Waals surface area contributed by atoms with Crippen LogP contribution in [0.15, 0.2) is 18.2 Å². The Bertz CT molecular complexity index is 412. The van der Waals surface area contributed by atoms with E-state index in [0.29, 0.717) is 0 Å². The third kappa shape index (κ3) is 4.95. The summed E-state index contributed by atoms with van der Waals surface area (Å²) in [4.78, 5) is 13.1. The van der Waals surface area contributed by atoms with Crippen molar-refractivity contribution in [3.63, 3.8) is 0 Å². The number of amides is 1. The fourth-order valence-corrected chi connectivity index (χ4v) is 1.76. The number of methoxy groups -OCH3 is 1. The van der Waals surface area contributed by atoms with Crippen LogP contribution in [0.5, 0.6) is 0 Å². The van der Waals surface area contributed by atoms with Crippen LogP contribution in [0, 0.1) is 5.82 Å². The average Bonchev–Trinajstić information content (AvgIpc) is 2.33. The van der Waals surface area contributed by atoms with Gasteiger partial charge in [-0.25, -0.2) is 4.39 Å². The predicted octanol–water partition coefficient (Wildman–Crippen LogP) is 1.83. The van der Waals surface area contributed by atoms with Crippen molar-refractivity contribution < 1.29 is 13.9 Å². The monoisotopic (exact) mass is 310 g/mol. The number of benzene rings is 1. The average molecular weight is 311 g/mol. The minimum Gasteiger partial charge on any atom is -0.383 e. The van der Waals surface area contributed by atoms with Crippen LogP contribution in [0.2, 0.25) is 5.02 Å². The number of likely N-dealkylation sites (N-methyl/N-ethyl adjacent to an activating group) is 1. The van der Waals surface area contributed by atoms with Crippen LogP contribution < -0.4 is 5.73 Å². The Hall–Kier alpha value is -0.880. The van der Waals surface area contributed by atoms with Gasteiger partial charge in [-0.05, 0) is 12.1 Å². The molecule has 1 amide bonds. The highest BCUT2D eigenvalue weighted by Gasteiger charge is 2.19. The van der Waals surface area contributed by atoms with Gasteiger partial charge in [-0.1, -0.05) is 17.7 Å². The van der Waals surface area contributed by atoms with E-state index in [0.717, 1.165) is 0 Å². The molecule has 0 aliphatic heterocycles. The number of ether oxygens (including phenoxy) is 1. The van der Waals surface area contributed by atoms with Crippen molar-refractivity contribution in [2.75, 3.05) is 20.8 Å². The summed E-state index contributed by atoms with van der Waals surface area (Å²) >= 11 is 5.89. The molecule has 4 nitrogen and oxygen atoms in total. The first-order valence-corrected chi connectivity index (χ1v) is 5.77. The Labute approximate surface area is 123 Å². The maximum Gasteiger partial charge on any atom is 0.241 e. The first kappa shape index (κ1) is 18.1. The van der Waals surface area contributed by atoms with Crippen LogP contribution in [0.4, 0.5) is 4.39 Å². The summed E-state index contributed by atoms with van der Waals surface area (Å²) in [6.07, 6.45) is 0. The molecule has 0 radical (unpaired) electrons. The highest BCUT2D eigenvalue weighted by molar-refractivity contribution is 6.31. The molecule has 0 saturated heterocycles. The van der Waals surface area contributed by atoms with Crippen LogP contribution in [0.1, 0.15) is 5.56 Å². The first-order valence-electron chi connectivity index (χ1n) is 5.39. The Morgan fingerprint density at radius 2 is 2.21 bits per heavy atom. The molecule has 0 aromatic heterocycles. The molecule has 0 aliphatic rings. The smallest absolute Gasteiger partial charge is 0.241 e. The molecule has 108 valence electrons. The van der Waals surface area contributed by atoms with Gasteiger partial charge in [0.25, 0.3) is 0 Å². The van der Waals surface area contributed by atoms with E-state index in [1.54, 1.807) is 13.1 Å². The number of rotatable bonds is 5. The largest absolute Gasteiger partial charge is 0.383 e. The molecule has 0 bridgehead atoms. The third-order valence-corrected chi connectivity index (χ3v) is 2.85. The molecule has 19 heavy (non-hydrogen) atoms. The number of hydrogen-bond acceptors (Lipinski definition) is 3. The zero-order valence-electron chi connectivity index (χ0n) is 10.7. The summed E-state index contributed by atoms with van der Waals surface area (Å²) in [5.74, 6) is -0.765. The fraction of sp³-hybridized carbons (Fsp3) is 0.417. The van der Waals surface area contributed by atoms with Crippen LogP contribution in [0.3, 0.4) is 0 Å². The highest BCUT2D eigenvalue weighted by atomic mass is 35.5. The molecule has 1 aromatic carbocycles. The number of nitrogens with zero attached hydrogens (tertiary/aromatic N) is 1. The van der Waals surface area contributed by atoms with Gasteiger partial charge in [0.15, 0.2) is 0 Å². The molecule has 0 fully saturated rings. The second-order valence-corrected chi connectivity index (χ2v) is 4.36. The summed E-state index contributed by atoms with van der Waals surface area (Å²) in [5.41, 5.74) is 5.89. The quantitative estimate of drug-likeness (QED) is 0.902. The standard InChI is InChI=1S/C12H16ClFN2O2.ClH/c1-16(12(17)11(15)7-18-2)6-8-9(13)4-3-5-10(8)14;/h3-5,11H,6-7,15H2,1-2H3;1H. The molecule has 1 unspecified atom stereocenters. The molecule has 0 heterocycles. The molecule has 2 N–H and O–H groups in total. The van der Waals surface area contributed by atoms with Gasteiger partial charge in [0, 0.05) is 31.3 Å². The van der Waals surface area contributed by atoms with Gasteiger partial charge in [-0.15, -0.1) is 12.4 Å². The zero-order valence-corrected chi connectivity index (χ0v) is 12.3. The van der Waals surface area contributed by atoms with Crippen molar-refractivity contribution in [3.05, 3.63) is 34.6 Å². The predicted molar refractivity (Wildman–Crippen MR) is 75.0 cm³/mol. The number of nitrogens with two attached hydrogens (primary N) is 1. The number of carbonyl (C=O) groups excluding carboxylic acids is 1. The minimum atomic E-state index is -0.759. The van der Waals surface area contributed by atoms with Crippen molar-refractivity contribution in [3.8, 4) is 0 Å². The van der Waals surface area contributed by atoms with Gasteiger partial charge >= 0.3 is 0 Å². The van der Waals surface area contributed by atoms with Crippen LogP contribution in [0.25, 0.3) is 0 Å². The molecular formula is C12H17Cl2FN2O2. The van der Waals surface area contributed by atoms with Gasteiger partial charge < -0.3 is 15.4 Å². The van der Waals surface area contributed by atoms with E-state index in [1.165, 1.54) is 24.1 Å². The van der Waals surface area contributed by atoms with Crippen molar-refractivity contribution in [1.82, 2.24) is 4.90 Å². The lowest BCUT2D eigenvalue weighted by Gasteiger charge is -2.21. The molecule has 0 aliphatic carbocycles. The molecule has 1 atom stereocenters.